The largest absolute Gasteiger partial charge is 0.497 e. The number of β-amino-alcohol motifs (C(OH)–C–C–N with tert-alkyl or cyclic N) is 1. The van der Waals surface area contributed by atoms with E-state index >= 15 is 0 Å². The lowest BCUT2D eigenvalue weighted by atomic mass is 10.0. The van der Waals surface area contributed by atoms with Gasteiger partial charge in [-0.2, -0.15) is 0 Å². The van der Waals surface area contributed by atoms with Crippen molar-refractivity contribution in [1.82, 2.24) is 4.90 Å². The predicted octanol–water partition coefficient (Wildman–Crippen LogP) is 2.04. The highest BCUT2D eigenvalue weighted by molar-refractivity contribution is 5.93. The fourth-order valence-corrected chi connectivity index (χ4v) is 3.17. The van der Waals surface area contributed by atoms with Gasteiger partial charge in [0.2, 0.25) is 0 Å². The summed E-state index contributed by atoms with van der Waals surface area (Å²) in [5.74, 6) is 0.990. The molecule has 1 fully saturated rings. The third-order valence-electron chi connectivity index (χ3n) is 4.34. The van der Waals surface area contributed by atoms with E-state index in [9.17, 15) is 15.0 Å². The van der Waals surface area contributed by atoms with E-state index < -0.39 is 6.10 Å². The molecule has 1 aliphatic heterocycles. The van der Waals surface area contributed by atoms with Gasteiger partial charge in [-0.3, -0.25) is 4.79 Å². The fraction of sp³-hybridized carbons (Fsp3) is 0.389. The van der Waals surface area contributed by atoms with Gasteiger partial charge in [-0.15, -0.1) is 0 Å². The number of aliphatic hydroxyl groups is 2. The van der Waals surface area contributed by atoms with Gasteiger partial charge in [0.25, 0.3) is 5.91 Å². The number of aryl methyl sites for hydroxylation is 1. The van der Waals surface area contributed by atoms with Crippen LogP contribution in [0.15, 0.2) is 34.7 Å². The van der Waals surface area contributed by atoms with Crippen LogP contribution in [0.3, 0.4) is 0 Å². The van der Waals surface area contributed by atoms with E-state index in [-0.39, 0.29) is 30.9 Å². The molecule has 1 amide bonds. The Bertz CT molecular complexity index is 739. The maximum atomic E-state index is 12.9. The summed E-state index contributed by atoms with van der Waals surface area (Å²) in [6, 6.07) is 8.90. The molecular weight excluding hydrogens is 310 g/mol. The molecule has 0 unspecified atom stereocenters. The van der Waals surface area contributed by atoms with Crippen LogP contribution in [-0.4, -0.2) is 40.8 Å². The van der Waals surface area contributed by atoms with Crippen LogP contribution in [0.25, 0.3) is 0 Å². The number of furan rings is 1. The van der Waals surface area contributed by atoms with Gasteiger partial charge in [0.1, 0.15) is 18.1 Å². The third-order valence-corrected chi connectivity index (χ3v) is 4.34. The minimum atomic E-state index is -0.585. The molecule has 0 radical (unpaired) electrons. The Morgan fingerprint density at radius 1 is 1.42 bits per heavy atom. The maximum Gasteiger partial charge on any atom is 0.290 e. The van der Waals surface area contributed by atoms with Crippen LogP contribution >= 0.6 is 0 Å². The molecule has 2 aromatic rings. The Hall–Kier alpha value is -2.31. The van der Waals surface area contributed by atoms with E-state index in [2.05, 4.69) is 0 Å². The SMILES string of the molecule is COc1cccc([C@H]2C[C@@H](O)CN2C(=O)c2oc(CO)cc2C)c1. The number of carbonyl (C=O) groups is 1. The van der Waals surface area contributed by atoms with Crippen molar-refractivity contribution in [2.75, 3.05) is 13.7 Å². The number of nitrogens with zero attached hydrogens (tertiary/aromatic N) is 1. The molecule has 2 N–H and O–H groups in total. The number of carbonyl (C=O) groups excluding carboxylic acids is 1. The zero-order valence-corrected chi connectivity index (χ0v) is 13.7. The van der Waals surface area contributed by atoms with Crippen molar-refractivity contribution in [1.29, 1.82) is 0 Å². The number of likely N-dealkylation sites (tertiary alicyclic amines) is 1. The van der Waals surface area contributed by atoms with Crippen molar-refractivity contribution in [3.63, 3.8) is 0 Å². The van der Waals surface area contributed by atoms with Crippen molar-refractivity contribution < 1.29 is 24.2 Å². The lowest BCUT2D eigenvalue weighted by Gasteiger charge is -2.24. The molecule has 2 atom stereocenters. The van der Waals surface area contributed by atoms with Crippen molar-refractivity contribution in [3.8, 4) is 5.75 Å². The topological polar surface area (TPSA) is 83.1 Å². The second-order valence-electron chi connectivity index (χ2n) is 6.02. The van der Waals surface area contributed by atoms with Crippen LogP contribution in [0, 0.1) is 6.92 Å². The number of rotatable bonds is 4. The average Bonchev–Trinajstić information content (AvgIpc) is 3.17. The molecule has 0 bridgehead atoms. The molecule has 1 aliphatic rings. The maximum absolute atomic E-state index is 12.9. The van der Waals surface area contributed by atoms with E-state index in [1.54, 1.807) is 25.0 Å². The Kier molecular flexibility index (Phi) is 4.59. The summed E-state index contributed by atoms with van der Waals surface area (Å²) in [7, 11) is 1.59. The molecule has 1 aromatic carbocycles. The number of hydrogen-bond donors (Lipinski definition) is 2. The van der Waals surface area contributed by atoms with Gasteiger partial charge in [0.15, 0.2) is 5.76 Å². The van der Waals surface area contributed by atoms with Crippen molar-refractivity contribution in [3.05, 3.63) is 53.0 Å². The van der Waals surface area contributed by atoms with Crippen LogP contribution in [0.2, 0.25) is 0 Å². The smallest absolute Gasteiger partial charge is 0.290 e. The number of hydrogen-bond acceptors (Lipinski definition) is 5. The first-order valence-electron chi connectivity index (χ1n) is 7.86. The summed E-state index contributed by atoms with van der Waals surface area (Å²) in [4.78, 5) is 14.5. The normalized spacial score (nSPS) is 20.4. The van der Waals surface area contributed by atoms with Crippen molar-refractivity contribution in [2.24, 2.45) is 0 Å². The number of methoxy groups -OCH3 is 1. The second kappa shape index (κ2) is 6.67. The highest BCUT2D eigenvalue weighted by Gasteiger charge is 2.37. The quantitative estimate of drug-likeness (QED) is 0.896. The number of aliphatic hydroxyl groups excluding tert-OH is 2. The molecular formula is C18H21NO5. The van der Waals surface area contributed by atoms with E-state index in [0.717, 1.165) is 5.56 Å². The lowest BCUT2D eigenvalue weighted by molar-refractivity contribution is 0.0678. The van der Waals surface area contributed by atoms with Crippen LogP contribution in [0.4, 0.5) is 0 Å². The summed E-state index contributed by atoms with van der Waals surface area (Å²) in [6.07, 6.45) is -0.122. The van der Waals surface area contributed by atoms with E-state index in [1.807, 2.05) is 24.3 Å². The van der Waals surface area contributed by atoms with Gasteiger partial charge < -0.3 is 24.3 Å². The molecule has 24 heavy (non-hydrogen) atoms. The molecule has 1 aromatic heterocycles. The Labute approximate surface area is 140 Å². The van der Waals surface area contributed by atoms with Gasteiger partial charge in [0, 0.05) is 12.1 Å². The second-order valence-corrected chi connectivity index (χ2v) is 6.02. The number of ether oxygens (including phenoxy) is 1. The average molecular weight is 331 g/mol. The zero-order valence-electron chi connectivity index (χ0n) is 13.7. The first kappa shape index (κ1) is 16.5. The van der Waals surface area contributed by atoms with Gasteiger partial charge >= 0.3 is 0 Å². The van der Waals surface area contributed by atoms with E-state index in [1.165, 1.54) is 0 Å². The Balaban J connectivity index is 1.92. The fourth-order valence-electron chi connectivity index (χ4n) is 3.17. The van der Waals surface area contributed by atoms with Gasteiger partial charge in [0.05, 0.1) is 19.3 Å². The van der Waals surface area contributed by atoms with Gasteiger partial charge in [-0.25, -0.2) is 0 Å². The van der Waals surface area contributed by atoms with Crippen molar-refractivity contribution >= 4 is 5.91 Å². The van der Waals surface area contributed by atoms with Crippen molar-refractivity contribution in [2.45, 2.75) is 32.1 Å². The molecule has 0 spiro atoms. The van der Waals surface area contributed by atoms with Crippen LogP contribution in [-0.2, 0) is 6.61 Å². The first-order valence-corrected chi connectivity index (χ1v) is 7.86. The molecule has 6 nitrogen and oxygen atoms in total. The number of benzene rings is 1. The molecule has 128 valence electrons. The standard InChI is InChI=1S/C18H21NO5/c1-11-6-15(10-20)24-17(11)18(22)19-9-13(21)8-16(19)12-4-3-5-14(7-12)23-2/h3-7,13,16,20-21H,8-10H2,1-2H3/t13-,16-/m1/s1. The van der Waals surface area contributed by atoms with E-state index in [4.69, 9.17) is 9.15 Å². The van der Waals surface area contributed by atoms with Crippen LogP contribution in [0.1, 0.15) is 39.9 Å². The summed E-state index contributed by atoms with van der Waals surface area (Å²) in [5, 5.41) is 19.3. The summed E-state index contributed by atoms with van der Waals surface area (Å²) >= 11 is 0. The number of amides is 1. The van der Waals surface area contributed by atoms with Gasteiger partial charge in [-0.1, -0.05) is 12.1 Å². The molecule has 6 heteroatoms. The highest BCUT2D eigenvalue weighted by Crippen LogP contribution is 2.35. The third kappa shape index (κ3) is 3.02. The van der Waals surface area contributed by atoms with Crippen LogP contribution < -0.4 is 4.74 Å². The van der Waals surface area contributed by atoms with E-state index in [0.29, 0.717) is 23.5 Å². The lowest BCUT2D eigenvalue weighted by Crippen LogP contribution is -2.32. The van der Waals surface area contributed by atoms with Crippen LogP contribution in [0.5, 0.6) is 5.75 Å². The Morgan fingerprint density at radius 3 is 2.88 bits per heavy atom. The van der Waals surface area contributed by atoms with Gasteiger partial charge in [-0.05, 0) is 37.1 Å². The Morgan fingerprint density at radius 2 is 2.21 bits per heavy atom. The first-order chi connectivity index (χ1) is 11.5. The molecule has 0 aliphatic carbocycles. The molecule has 2 heterocycles. The monoisotopic (exact) mass is 331 g/mol. The zero-order chi connectivity index (χ0) is 17.3. The molecule has 3 rings (SSSR count). The summed E-state index contributed by atoms with van der Waals surface area (Å²) in [6.45, 7) is 1.76. The highest BCUT2D eigenvalue weighted by atomic mass is 16.5. The molecule has 1 saturated heterocycles. The summed E-state index contributed by atoms with van der Waals surface area (Å²) < 4.78 is 10.7. The minimum absolute atomic E-state index is 0.209. The summed E-state index contributed by atoms with van der Waals surface area (Å²) in [5.41, 5.74) is 1.58. The molecule has 0 saturated carbocycles. The minimum Gasteiger partial charge on any atom is -0.497 e. The predicted molar refractivity (Wildman–Crippen MR) is 86.8 cm³/mol.